The van der Waals surface area contributed by atoms with Gasteiger partial charge in [-0.1, -0.05) is 19.8 Å². The first kappa shape index (κ1) is 16.9. The summed E-state index contributed by atoms with van der Waals surface area (Å²) in [7, 11) is 0. The molecule has 5 heteroatoms. The molecule has 0 spiro atoms. The molecular weight excluding hydrogens is 232 g/mol. The van der Waals surface area contributed by atoms with Crippen molar-refractivity contribution >= 4 is 11.9 Å². The molecule has 0 rings (SSSR count). The molecule has 0 aliphatic carbocycles. The maximum Gasteiger partial charge on any atom is 0.305 e. The van der Waals surface area contributed by atoms with Crippen LogP contribution in [-0.4, -0.2) is 40.0 Å². The number of carbonyl (C=O) groups excluding carboxylic acids is 1. The molecule has 1 unspecified atom stereocenters. The van der Waals surface area contributed by atoms with Gasteiger partial charge in [0.15, 0.2) is 0 Å². The highest BCUT2D eigenvalue weighted by atomic mass is 16.4. The molecule has 0 bridgehead atoms. The Morgan fingerprint density at radius 2 is 1.89 bits per heavy atom. The fourth-order valence-electron chi connectivity index (χ4n) is 1.73. The zero-order chi connectivity index (χ0) is 14.3. The molecule has 0 aliphatic heterocycles. The minimum Gasteiger partial charge on any atom is -0.481 e. The van der Waals surface area contributed by atoms with Gasteiger partial charge in [0.25, 0.3) is 0 Å². The summed E-state index contributed by atoms with van der Waals surface area (Å²) >= 11 is 0. The van der Waals surface area contributed by atoms with Gasteiger partial charge in [-0.05, 0) is 27.2 Å². The number of nitrogens with two attached hydrogens (primary N) is 1. The molecule has 1 atom stereocenters. The van der Waals surface area contributed by atoms with Crippen LogP contribution in [0, 0.1) is 0 Å². The molecule has 0 saturated carbocycles. The van der Waals surface area contributed by atoms with Gasteiger partial charge in [-0.3, -0.25) is 9.59 Å². The van der Waals surface area contributed by atoms with E-state index in [9.17, 15) is 9.59 Å². The van der Waals surface area contributed by atoms with Crippen molar-refractivity contribution in [2.24, 2.45) is 5.73 Å². The number of rotatable bonds is 7. The van der Waals surface area contributed by atoms with Crippen molar-refractivity contribution in [3.05, 3.63) is 0 Å². The van der Waals surface area contributed by atoms with Crippen LogP contribution in [0.15, 0.2) is 0 Å². The lowest BCUT2D eigenvalue weighted by Gasteiger charge is -2.37. The van der Waals surface area contributed by atoms with Gasteiger partial charge in [-0.15, -0.1) is 0 Å². The monoisotopic (exact) mass is 258 g/mol. The maximum absolute atomic E-state index is 12.2. The smallest absolute Gasteiger partial charge is 0.305 e. The minimum atomic E-state index is -0.904. The van der Waals surface area contributed by atoms with Gasteiger partial charge in [0.05, 0.1) is 12.5 Å². The van der Waals surface area contributed by atoms with Gasteiger partial charge in [-0.25, -0.2) is 0 Å². The number of amides is 1. The average molecular weight is 258 g/mol. The number of hydrogen-bond donors (Lipinski definition) is 2. The number of unbranched alkanes of at least 4 members (excludes halogenated alkanes) is 1. The van der Waals surface area contributed by atoms with E-state index in [2.05, 4.69) is 0 Å². The van der Waals surface area contributed by atoms with Crippen molar-refractivity contribution in [2.75, 3.05) is 6.54 Å². The van der Waals surface area contributed by atoms with Crippen LogP contribution in [0.5, 0.6) is 0 Å². The van der Waals surface area contributed by atoms with E-state index in [-0.39, 0.29) is 18.9 Å². The second kappa shape index (κ2) is 7.36. The molecule has 18 heavy (non-hydrogen) atoms. The lowest BCUT2D eigenvalue weighted by Crippen LogP contribution is -2.52. The van der Waals surface area contributed by atoms with Crippen LogP contribution in [0.1, 0.15) is 53.4 Å². The highest BCUT2D eigenvalue weighted by Crippen LogP contribution is 2.16. The Labute approximate surface area is 109 Å². The van der Waals surface area contributed by atoms with Crippen LogP contribution in [0.25, 0.3) is 0 Å². The average Bonchev–Trinajstić information content (AvgIpc) is 2.23. The summed E-state index contributed by atoms with van der Waals surface area (Å²) in [4.78, 5) is 24.4. The topological polar surface area (TPSA) is 83.6 Å². The third-order valence-corrected chi connectivity index (χ3v) is 2.81. The summed E-state index contributed by atoms with van der Waals surface area (Å²) in [6.07, 6.45) is 2.49. The Morgan fingerprint density at radius 3 is 2.28 bits per heavy atom. The summed E-state index contributed by atoms with van der Waals surface area (Å²) < 4.78 is 0. The van der Waals surface area contributed by atoms with Crippen molar-refractivity contribution in [2.45, 2.75) is 65.0 Å². The Bertz CT molecular complexity index is 284. The number of nitrogens with zero attached hydrogens (tertiary/aromatic N) is 1. The third kappa shape index (κ3) is 6.00. The van der Waals surface area contributed by atoms with Crippen LogP contribution >= 0.6 is 0 Å². The first-order valence-electron chi connectivity index (χ1n) is 6.49. The molecule has 0 aromatic heterocycles. The molecule has 0 aromatic rings. The zero-order valence-corrected chi connectivity index (χ0v) is 11.9. The van der Waals surface area contributed by atoms with E-state index in [1.165, 1.54) is 0 Å². The van der Waals surface area contributed by atoms with Crippen LogP contribution < -0.4 is 5.73 Å². The molecule has 0 radical (unpaired) electrons. The third-order valence-electron chi connectivity index (χ3n) is 2.81. The molecule has 106 valence electrons. The first-order chi connectivity index (χ1) is 8.20. The molecule has 0 heterocycles. The SMILES string of the molecule is CCCCC(N)C(=O)N(CCC(=O)O)C(C)(C)C. The predicted molar refractivity (Wildman–Crippen MR) is 71.2 cm³/mol. The van der Waals surface area contributed by atoms with E-state index in [4.69, 9.17) is 10.8 Å². The summed E-state index contributed by atoms with van der Waals surface area (Å²) in [5.41, 5.74) is 5.46. The standard InChI is InChI=1S/C13H26N2O3/c1-5-6-7-10(14)12(18)15(13(2,3)4)9-8-11(16)17/h10H,5-9,14H2,1-4H3,(H,16,17). The van der Waals surface area contributed by atoms with E-state index >= 15 is 0 Å². The van der Waals surface area contributed by atoms with E-state index in [1.807, 2.05) is 27.7 Å². The summed E-state index contributed by atoms with van der Waals surface area (Å²) in [5, 5.41) is 8.72. The highest BCUT2D eigenvalue weighted by Gasteiger charge is 2.29. The van der Waals surface area contributed by atoms with E-state index in [0.29, 0.717) is 6.42 Å². The van der Waals surface area contributed by atoms with Gasteiger partial charge in [0.2, 0.25) is 5.91 Å². The highest BCUT2D eigenvalue weighted by molar-refractivity contribution is 5.82. The van der Waals surface area contributed by atoms with E-state index in [1.54, 1.807) is 4.90 Å². The van der Waals surface area contributed by atoms with Crippen molar-refractivity contribution in [3.63, 3.8) is 0 Å². The van der Waals surface area contributed by atoms with E-state index in [0.717, 1.165) is 12.8 Å². The van der Waals surface area contributed by atoms with Gasteiger partial charge in [-0.2, -0.15) is 0 Å². The van der Waals surface area contributed by atoms with Crippen LogP contribution in [0.2, 0.25) is 0 Å². The Kier molecular flexibility index (Phi) is 6.91. The molecular formula is C13H26N2O3. The molecule has 0 saturated heterocycles. The summed E-state index contributed by atoms with van der Waals surface area (Å²) in [5.74, 6) is -1.06. The van der Waals surface area contributed by atoms with Gasteiger partial charge >= 0.3 is 5.97 Å². The second-order valence-electron chi connectivity index (χ2n) is 5.55. The zero-order valence-electron chi connectivity index (χ0n) is 11.9. The lowest BCUT2D eigenvalue weighted by atomic mass is 10.0. The Morgan fingerprint density at radius 1 is 1.33 bits per heavy atom. The molecule has 5 nitrogen and oxygen atoms in total. The number of aliphatic carboxylic acids is 1. The van der Waals surface area contributed by atoms with Crippen molar-refractivity contribution < 1.29 is 14.7 Å². The van der Waals surface area contributed by atoms with E-state index < -0.39 is 17.6 Å². The fourth-order valence-corrected chi connectivity index (χ4v) is 1.73. The van der Waals surface area contributed by atoms with Gasteiger partial charge < -0.3 is 15.7 Å². The fraction of sp³-hybridized carbons (Fsp3) is 0.846. The van der Waals surface area contributed by atoms with Gasteiger partial charge in [0.1, 0.15) is 0 Å². The van der Waals surface area contributed by atoms with Crippen LogP contribution in [0.4, 0.5) is 0 Å². The van der Waals surface area contributed by atoms with Crippen molar-refractivity contribution in [3.8, 4) is 0 Å². The van der Waals surface area contributed by atoms with Gasteiger partial charge in [0, 0.05) is 12.1 Å². The number of hydrogen-bond acceptors (Lipinski definition) is 3. The quantitative estimate of drug-likeness (QED) is 0.726. The Balaban J connectivity index is 4.64. The Hall–Kier alpha value is -1.10. The number of carboxylic acid groups (broad SMARTS) is 1. The van der Waals surface area contributed by atoms with Crippen molar-refractivity contribution in [1.82, 2.24) is 4.90 Å². The van der Waals surface area contributed by atoms with Crippen LogP contribution in [0.3, 0.4) is 0 Å². The van der Waals surface area contributed by atoms with Crippen molar-refractivity contribution in [1.29, 1.82) is 0 Å². The predicted octanol–water partition coefficient (Wildman–Crippen LogP) is 1.61. The second-order valence-corrected chi connectivity index (χ2v) is 5.55. The minimum absolute atomic E-state index is 0.0521. The molecule has 3 N–H and O–H groups in total. The number of carbonyl (C=O) groups is 2. The summed E-state index contributed by atoms with van der Waals surface area (Å²) in [6.45, 7) is 7.92. The summed E-state index contributed by atoms with van der Waals surface area (Å²) in [6, 6.07) is -0.530. The first-order valence-corrected chi connectivity index (χ1v) is 6.49. The van der Waals surface area contributed by atoms with Crippen LogP contribution in [-0.2, 0) is 9.59 Å². The lowest BCUT2D eigenvalue weighted by molar-refractivity contribution is -0.141. The maximum atomic E-state index is 12.2. The molecule has 0 aromatic carbocycles. The molecule has 0 aliphatic rings. The number of carboxylic acids is 1. The largest absolute Gasteiger partial charge is 0.481 e. The molecule has 0 fully saturated rings. The molecule has 1 amide bonds. The normalized spacial score (nSPS) is 13.2.